The third-order valence-electron chi connectivity index (χ3n) is 5.61. The Bertz CT molecular complexity index is 613. The first-order valence-electron chi connectivity index (χ1n) is 9.04. The van der Waals surface area contributed by atoms with Crippen molar-refractivity contribution in [3.63, 3.8) is 0 Å². The molecule has 0 unspecified atom stereocenters. The Morgan fingerprint density at radius 1 is 1.08 bits per heavy atom. The summed E-state index contributed by atoms with van der Waals surface area (Å²) in [6.45, 7) is 5.06. The molecule has 2 aliphatic rings. The van der Waals surface area contributed by atoms with Crippen LogP contribution >= 0.6 is 0 Å². The standard InChI is InChI=1S/C19H25F3O4/c1-3-24-14-6-4-12(5-7-14)18(2)10-25-19(23,26-11-18)13-8-15(20)17(22)16(21)9-13/h8-9,12,14,23H,3-7,10-11H2,1-2H3. The van der Waals surface area contributed by atoms with Gasteiger partial charge in [-0.15, -0.1) is 0 Å². The first-order chi connectivity index (χ1) is 12.3. The van der Waals surface area contributed by atoms with Crippen molar-refractivity contribution in [3.8, 4) is 0 Å². The molecule has 1 N–H and O–H groups in total. The summed E-state index contributed by atoms with van der Waals surface area (Å²) in [6.07, 6.45) is 4.14. The molecule has 1 aliphatic carbocycles. The molecule has 1 aliphatic heterocycles. The van der Waals surface area contributed by atoms with E-state index in [2.05, 4.69) is 0 Å². The molecule has 1 heterocycles. The number of hydrogen-bond donors (Lipinski definition) is 1. The SMILES string of the molecule is CCOC1CCC(C2(C)COC(O)(c3cc(F)c(F)c(F)c3)OC2)CC1. The Kier molecular flexibility index (Phi) is 5.63. The van der Waals surface area contributed by atoms with Gasteiger partial charge in [-0.25, -0.2) is 13.2 Å². The predicted octanol–water partition coefficient (Wildman–Crippen LogP) is 3.85. The monoisotopic (exact) mass is 374 g/mol. The molecule has 4 nitrogen and oxygen atoms in total. The van der Waals surface area contributed by atoms with E-state index < -0.39 is 23.4 Å². The van der Waals surface area contributed by atoms with E-state index in [1.807, 2.05) is 13.8 Å². The van der Waals surface area contributed by atoms with Crippen molar-refractivity contribution in [3.05, 3.63) is 35.1 Å². The molecule has 1 saturated heterocycles. The summed E-state index contributed by atoms with van der Waals surface area (Å²) in [7, 11) is 0. The van der Waals surface area contributed by atoms with Crippen molar-refractivity contribution < 1.29 is 32.5 Å². The summed E-state index contributed by atoms with van der Waals surface area (Å²) in [5, 5.41) is 10.5. The van der Waals surface area contributed by atoms with Gasteiger partial charge < -0.3 is 19.3 Å². The predicted molar refractivity (Wildman–Crippen MR) is 87.6 cm³/mol. The van der Waals surface area contributed by atoms with Gasteiger partial charge in [0.2, 0.25) is 0 Å². The average Bonchev–Trinajstić information content (AvgIpc) is 2.63. The van der Waals surface area contributed by atoms with Gasteiger partial charge in [0.05, 0.1) is 19.3 Å². The lowest BCUT2D eigenvalue weighted by Gasteiger charge is -2.47. The Labute approximate surface area is 151 Å². The number of ether oxygens (including phenoxy) is 3. The molecule has 0 spiro atoms. The van der Waals surface area contributed by atoms with Gasteiger partial charge >= 0.3 is 5.97 Å². The Morgan fingerprint density at radius 3 is 2.12 bits per heavy atom. The van der Waals surface area contributed by atoms with Crippen LogP contribution in [-0.4, -0.2) is 31.0 Å². The molecule has 7 heteroatoms. The minimum absolute atomic E-state index is 0.175. The van der Waals surface area contributed by atoms with Crippen molar-refractivity contribution >= 4 is 0 Å². The first kappa shape index (κ1) is 19.6. The highest BCUT2D eigenvalue weighted by Gasteiger charge is 2.47. The van der Waals surface area contributed by atoms with Crippen LogP contribution in [-0.2, 0) is 20.2 Å². The van der Waals surface area contributed by atoms with Crippen LogP contribution in [0.5, 0.6) is 0 Å². The zero-order valence-corrected chi connectivity index (χ0v) is 15.1. The van der Waals surface area contributed by atoms with Crippen LogP contribution in [0, 0.1) is 28.8 Å². The van der Waals surface area contributed by atoms with Crippen molar-refractivity contribution in [2.45, 2.75) is 51.6 Å². The highest BCUT2D eigenvalue weighted by Crippen LogP contribution is 2.45. The average molecular weight is 374 g/mol. The molecule has 1 aromatic rings. The lowest BCUT2D eigenvalue weighted by Crippen LogP contribution is -2.50. The van der Waals surface area contributed by atoms with Gasteiger partial charge in [-0.3, -0.25) is 0 Å². The fourth-order valence-corrected chi connectivity index (χ4v) is 3.91. The summed E-state index contributed by atoms with van der Waals surface area (Å²) in [4.78, 5) is 0. The van der Waals surface area contributed by atoms with Crippen LogP contribution < -0.4 is 0 Å². The Morgan fingerprint density at radius 2 is 1.62 bits per heavy atom. The van der Waals surface area contributed by atoms with E-state index >= 15 is 0 Å². The second-order valence-electron chi connectivity index (χ2n) is 7.50. The van der Waals surface area contributed by atoms with Gasteiger partial charge in [-0.1, -0.05) is 6.92 Å². The number of benzene rings is 1. The highest BCUT2D eigenvalue weighted by atomic mass is 19.2. The Balaban J connectivity index is 1.66. The van der Waals surface area contributed by atoms with Gasteiger partial charge in [0.15, 0.2) is 17.5 Å². The van der Waals surface area contributed by atoms with Gasteiger partial charge in [0, 0.05) is 17.6 Å². The van der Waals surface area contributed by atoms with Crippen molar-refractivity contribution in [1.82, 2.24) is 0 Å². The van der Waals surface area contributed by atoms with E-state index in [1.54, 1.807) is 0 Å². The molecule has 2 fully saturated rings. The van der Waals surface area contributed by atoms with E-state index in [1.165, 1.54) is 0 Å². The maximum Gasteiger partial charge on any atom is 0.309 e. The topological polar surface area (TPSA) is 47.9 Å². The van der Waals surface area contributed by atoms with E-state index in [4.69, 9.17) is 14.2 Å². The fraction of sp³-hybridized carbons (Fsp3) is 0.684. The minimum atomic E-state index is -2.28. The summed E-state index contributed by atoms with van der Waals surface area (Å²) in [5.41, 5.74) is -0.614. The zero-order chi connectivity index (χ0) is 18.9. The highest BCUT2D eigenvalue weighted by molar-refractivity contribution is 5.22. The summed E-state index contributed by atoms with van der Waals surface area (Å²) in [6, 6.07) is 1.38. The molecule has 0 bridgehead atoms. The third kappa shape index (κ3) is 3.76. The van der Waals surface area contributed by atoms with Crippen molar-refractivity contribution in [2.24, 2.45) is 11.3 Å². The maximum absolute atomic E-state index is 13.5. The van der Waals surface area contributed by atoms with Crippen LogP contribution in [0.15, 0.2) is 12.1 Å². The summed E-state index contributed by atoms with van der Waals surface area (Å²) >= 11 is 0. The van der Waals surface area contributed by atoms with Gasteiger partial charge in [0.1, 0.15) is 0 Å². The van der Waals surface area contributed by atoms with Crippen LogP contribution in [0.1, 0.15) is 45.1 Å². The molecule has 1 saturated carbocycles. The van der Waals surface area contributed by atoms with E-state index in [9.17, 15) is 18.3 Å². The van der Waals surface area contributed by atoms with Crippen LogP contribution in [0.25, 0.3) is 0 Å². The molecule has 0 aromatic heterocycles. The number of aliphatic hydroxyl groups is 1. The molecule has 0 radical (unpaired) electrons. The normalized spacial score (nSPS) is 35.5. The Hall–Kier alpha value is -1.15. The molecule has 146 valence electrons. The van der Waals surface area contributed by atoms with Crippen molar-refractivity contribution in [1.29, 1.82) is 0 Å². The largest absolute Gasteiger partial charge is 0.379 e. The summed E-state index contributed by atoms with van der Waals surface area (Å²) in [5.74, 6) is -6.34. The van der Waals surface area contributed by atoms with E-state index in [0.29, 0.717) is 24.7 Å². The molecule has 26 heavy (non-hydrogen) atoms. The van der Waals surface area contributed by atoms with Gasteiger partial charge in [-0.05, 0) is 50.7 Å². The van der Waals surface area contributed by atoms with E-state index in [-0.39, 0.29) is 30.3 Å². The molecular formula is C19H25F3O4. The number of hydrogen-bond acceptors (Lipinski definition) is 4. The lowest BCUT2D eigenvalue weighted by molar-refractivity contribution is -0.419. The minimum Gasteiger partial charge on any atom is -0.379 e. The van der Waals surface area contributed by atoms with Crippen LogP contribution in [0.2, 0.25) is 0 Å². The molecule has 3 rings (SSSR count). The van der Waals surface area contributed by atoms with Crippen LogP contribution in [0.4, 0.5) is 13.2 Å². The van der Waals surface area contributed by atoms with E-state index in [0.717, 1.165) is 25.7 Å². The zero-order valence-electron chi connectivity index (χ0n) is 15.1. The van der Waals surface area contributed by atoms with Crippen molar-refractivity contribution in [2.75, 3.05) is 19.8 Å². The molecule has 0 atom stereocenters. The molecule has 0 amide bonds. The van der Waals surface area contributed by atoms with Gasteiger partial charge in [0.25, 0.3) is 0 Å². The smallest absolute Gasteiger partial charge is 0.309 e. The first-order valence-corrected chi connectivity index (χ1v) is 9.04. The fourth-order valence-electron chi connectivity index (χ4n) is 3.91. The summed E-state index contributed by atoms with van der Waals surface area (Å²) < 4.78 is 56.7. The lowest BCUT2D eigenvalue weighted by atomic mass is 9.70. The van der Waals surface area contributed by atoms with Crippen LogP contribution in [0.3, 0.4) is 0 Å². The van der Waals surface area contributed by atoms with Gasteiger partial charge in [-0.2, -0.15) is 0 Å². The maximum atomic E-state index is 13.5. The number of halogens is 3. The molecular weight excluding hydrogens is 349 g/mol. The second kappa shape index (κ2) is 7.46. The quantitative estimate of drug-likeness (QED) is 0.814. The third-order valence-corrected chi connectivity index (χ3v) is 5.61. The number of rotatable bonds is 4. The second-order valence-corrected chi connectivity index (χ2v) is 7.50. The molecule has 1 aromatic carbocycles.